The van der Waals surface area contributed by atoms with Crippen molar-refractivity contribution in [2.24, 2.45) is 16.6 Å². The minimum Gasteiger partial charge on any atom is -0.468 e. The number of amidine groups is 1. The molecule has 0 saturated heterocycles. The third-order valence-corrected chi connectivity index (χ3v) is 8.46. The maximum Gasteiger partial charge on any atom is 0.233 e. The first-order valence-electron chi connectivity index (χ1n) is 12.2. The second-order valence-corrected chi connectivity index (χ2v) is 11.4. The molecule has 3 atom stereocenters. The number of hydrogen-bond acceptors (Lipinski definition) is 11. The van der Waals surface area contributed by atoms with Gasteiger partial charge in [0.2, 0.25) is 17.6 Å². The van der Waals surface area contributed by atoms with Gasteiger partial charge < -0.3 is 19.7 Å². The van der Waals surface area contributed by atoms with Crippen LogP contribution in [-0.4, -0.2) is 48.7 Å². The third-order valence-electron chi connectivity index (χ3n) is 7.18. The van der Waals surface area contributed by atoms with Crippen LogP contribution < -0.4 is 10.5 Å². The summed E-state index contributed by atoms with van der Waals surface area (Å²) in [5, 5.41) is 4.13. The Kier molecular flexibility index (Phi) is 6.22. The van der Waals surface area contributed by atoms with Crippen LogP contribution in [0.5, 0.6) is 5.88 Å². The van der Waals surface area contributed by atoms with E-state index in [1.165, 1.54) is 24.0 Å². The van der Waals surface area contributed by atoms with Gasteiger partial charge in [0.05, 0.1) is 34.3 Å². The van der Waals surface area contributed by atoms with E-state index in [2.05, 4.69) is 30.1 Å². The Labute approximate surface area is 226 Å². The topological polar surface area (TPSA) is 134 Å². The van der Waals surface area contributed by atoms with Crippen molar-refractivity contribution in [2.75, 3.05) is 13.7 Å². The fourth-order valence-corrected chi connectivity index (χ4v) is 6.81. The first-order chi connectivity index (χ1) is 18.7. The monoisotopic (exact) mass is 553 g/mol. The molecule has 4 aromatic rings. The van der Waals surface area contributed by atoms with Crippen LogP contribution in [0.15, 0.2) is 40.1 Å². The molecule has 1 saturated carbocycles. The number of benzene rings is 1. The van der Waals surface area contributed by atoms with Crippen LogP contribution in [0.2, 0.25) is 0 Å². The molecule has 0 spiro atoms. The van der Waals surface area contributed by atoms with Crippen molar-refractivity contribution in [3.8, 4) is 5.88 Å². The largest absolute Gasteiger partial charge is 0.468 e. The zero-order valence-electron chi connectivity index (χ0n) is 21.4. The van der Waals surface area contributed by atoms with Gasteiger partial charge in [0.25, 0.3) is 0 Å². The third kappa shape index (κ3) is 4.59. The van der Waals surface area contributed by atoms with Crippen molar-refractivity contribution in [3.63, 3.8) is 0 Å². The number of hydrogen-bond donors (Lipinski definition) is 1. The summed E-state index contributed by atoms with van der Waals surface area (Å²) >= 11 is 1.45. The average molecular weight is 554 g/mol. The molecule has 0 amide bonds. The van der Waals surface area contributed by atoms with Crippen LogP contribution in [0.1, 0.15) is 41.9 Å². The lowest BCUT2D eigenvalue weighted by Crippen LogP contribution is -2.38. The highest BCUT2D eigenvalue weighted by Gasteiger charge is 2.66. The number of halogens is 2. The molecule has 1 aliphatic carbocycles. The number of nitrogens with zero attached hydrogens (tertiary/aromatic N) is 6. The van der Waals surface area contributed by atoms with Crippen molar-refractivity contribution in [3.05, 3.63) is 70.8 Å². The molecule has 39 heavy (non-hydrogen) atoms. The Morgan fingerprint density at radius 1 is 1.23 bits per heavy atom. The van der Waals surface area contributed by atoms with Crippen LogP contribution in [0.3, 0.4) is 0 Å². The van der Waals surface area contributed by atoms with Crippen molar-refractivity contribution in [2.45, 2.75) is 43.6 Å². The molecule has 0 unspecified atom stereocenters. The van der Waals surface area contributed by atoms with Crippen LogP contribution in [0.4, 0.5) is 8.78 Å². The van der Waals surface area contributed by atoms with E-state index in [1.54, 1.807) is 32.4 Å². The summed E-state index contributed by atoms with van der Waals surface area (Å²) in [6, 6.07) is 4.54. The highest BCUT2D eigenvalue weighted by atomic mass is 32.2. The summed E-state index contributed by atoms with van der Waals surface area (Å²) in [6.45, 7) is 4.03. The molecule has 10 nitrogen and oxygen atoms in total. The normalized spacial score (nSPS) is 23.9. The number of rotatable bonds is 8. The molecule has 3 aromatic heterocycles. The number of methoxy groups -OCH3 is 1. The lowest BCUT2D eigenvalue weighted by atomic mass is 9.84. The highest BCUT2D eigenvalue weighted by Crippen LogP contribution is 2.66. The second-order valence-electron chi connectivity index (χ2n) is 9.92. The summed E-state index contributed by atoms with van der Waals surface area (Å²) in [7, 11) is 1.62. The molecule has 2 N–H and O–H groups in total. The number of aryl methyl sites for hydroxylation is 1. The van der Waals surface area contributed by atoms with Gasteiger partial charge in [-0.1, -0.05) is 16.9 Å². The van der Waals surface area contributed by atoms with E-state index < -0.39 is 17.2 Å². The van der Waals surface area contributed by atoms with Gasteiger partial charge in [-0.2, -0.15) is 4.98 Å². The van der Waals surface area contributed by atoms with Gasteiger partial charge in [0, 0.05) is 38.1 Å². The Hall–Kier alpha value is -3.71. The van der Waals surface area contributed by atoms with Gasteiger partial charge in [0.1, 0.15) is 5.52 Å². The van der Waals surface area contributed by atoms with Crippen LogP contribution in [-0.2, 0) is 23.3 Å². The zero-order chi connectivity index (χ0) is 27.4. The summed E-state index contributed by atoms with van der Waals surface area (Å²) in [5.74, 6) is -0.810. The molecular weight excluding hydrogens is 528 g/mol. The zero-order valence-corrected chi connectivity index (χ0v) is 22.3. The number of nitrogens with two attached hydrogens (primary N) is 1. The molecule has 13 heteroatoms. The quantitative estimate of drug-likeness (QED) is 0.343. The van der Waals surface area contributed by atoms with Crippen LogP contribution in [0, 0.1) is 24.5 Å². The molecule has 1 aliphatic heterocycles. The van der Waals surface area contributed by atoms with Gasteiger partial charge in [-0.25, -0.2) is 18.7 Å². The number of pyridine rings is 1. The Morgan fingerprint density at radius 3 is 2.85 bits per heavy atom. The minimum absolute atomic E-state index is 0.0391. The first kappa shape index (κ1) is 25.6. The Morgan fingerprint density at radius 2 is 2.08 bits per heavy atom. The van der Waals surface area contributed by atoms with E-state index in [1.807, 2.05) is 6.92 Å². The summed E-state index contributed by atoms with van der Waals surface area (Å²) in [4.78, 5) is 22.1. The van der Waals surface area contributed by atoms with Gasteiger partial charge in [0.15, 0.2) is 23.4 Å². The summed E-state index contributed by atoms with van der Waals surface area (Å²) < 4.78 is 46.0. The predicted molar refractivity (Wildman–Crippen MR) is 139 cm³/mol. The van der Waals surface area contributed by atoms with E-state index in [0.717, 1.165) is 6.42 Å². The average Bonchev–Trinajstić information content (AvgIpc) is 3.47. The number of aromatic nitrogens is 5. The van der Waals surface area contributed by atoms with Crippen LogP contribution in [0.25, 0.3) is 11.0 Å². The van der Waals surface area contributed by atoms with Crippen LogP contribution >= 0.6 is 11.8 Å². The molecule has 1 aromatic carbocycles. The van der Waals surface area contributed by atoms with Gasteiger partial charge >= 0.3 is 0 Å². The molecule has 1 fully saturated rings. The summed E-state index contributed by atoms with van der Waals surface area (Å²) in [6.07, 6.45) is 4.01. The number of thioether (sulfide) groups is 1. The van der Waals surface area contributed by atoms with Gasteiger partial charge in [-0.05, 0) is 37.1 Å². The van der Waals surface area contributed by atoms with Crippen molar-refractivity contribution >= 4 is 28.0 Å². The standard InChI is InChI=1S/C26H25F2N7O3S/c1-13-32-20(35-38-13)11-37-21-10-31-23-17(33-21)4-5-30-18(23)8-14-6-15(22(28)16(27)7-14)25(2)19-9-26(19,12-36-3)39-24(29)34-25/h4-7,10,19H,8-9,11-12H2,1-3H3,(H2,29,34)/t19-,25+,26+/m0/s1. The molecule has 0 bridgehead atoms. The second kappa shape index (κ2) is 9.49. The van der Waals surface area contributed by atoms with Crippen molar-refractivity contribution in [1.82, 2.24) is 25.1 Å². The fraction of sp³-hybridized carbons (Fsp3) is 0.385. The van der Waals surface area contributed by atoms with Gasteiger partial charge in [-0.15, -0.1) is 0 Å². The SMILES string of the molecule is COC[C@]12C[C@H]1[C@@](C)(c1cc(Cc3nccc4nc(OCc5noc(C)n5)cnc34)cc(F)c1F)N=C(N)S2. The van der Waals surface area contributed by atoms with E-state index in [9.17, 15) is 4.39 Å². The maximum absolute atomic E-state index is 15.3. The first-order valence-corrected chi connectivity index (χ1v) is 13.1. The lowest BCUT2D eigenvalue weighted by molar-refractivity contribution is 0.184. The van der Waals surface area contributed by atoms with Crippen molar-refractivity contribution in [1.29, 1.82) is 0 Å². The molecule has 6 rings (SSSR count). The molecule has 202 valence electrons. The van der Waals surface area contributed by atoms with E-state index in [-0.39, 0.29) is 35.1 Å². The lowest BCUT2D eigenvalue weighted by Gasteiger charge is -2.34. The maximum atomic E-state index is 15.3. The van der Waals surface area contributed by atoms with Gasteiger partial charge in [-0.3, -0.25) is 9.98 Å². The smallest absolute Gasteiger partial charge is 0.233 e. The number of ether oxygens (including phenoxy) is 2. The Bertz CT molecular complexity index is 1620. The van der Waals surface area contributed by atoms with Crippen molar-refractivity contribution < 1.29 is 22.8 Å². The number of aliphatic imine (C=N–C) groups is 1. The molecule has 0 radical (unpaired) electrons. The summed E-state index contributed by atoms with van der Waals surface area (Å²) in [5.41, 5.74) is 7.46. The van der Waals surface area contributed by atoms with E-state index in [4.69, 9.17) is 19.7 Å². The predicted octanol–water partition coefficient (Wildman–Crippen LogP) is 3.85. The van der Waals surface area contributed by atoms with E-state index in [0.29, 0.717) is 45.8 Å². The minimum atomic E-state index is -1.02. The van der Waals surface area contributed by atoms with E-state index >= 15 is 4.39 Å². The molecular formula is C26H25F2N7O3S. The highest BCUT2D eigenvalue weighted by molar-refractivity contribution is 8.15. The number of fused-ring (bicyclic) bond motifs is 2. The Balaban J connectivity index is 1.30. The fourth-order valence-electron chi connectivity index (χ4n) is 5.36. The molecule has 4 heterocycles. The molecule has 2 aliphatic rings.